The van der Waals surface area contributed by atoms with Gasteiger partial charge in [0.1, 0.15) is 5.52 Å². The fourth-order valence-corrected chi connectivity index (χ4v) is 3.52. The van der Waals surface area contributed by atoms with Crippen molar-refractivity contribution in [1.82, 2.24) is 10.3 Å². The monoisotopic (exact) mass is 390 g/mol. The number of amides is 2. The molecule has 2 aliphatic heterocycles. The second-order valence-corrected chi connectivity index (χ2v) is 7.36. The Bertz CT molecular complexity index is 812. The van der Waals surface area contributed by atoms with Crippen LogP contribution in [0, 0.1) is 5.41 Å². The van der Waals surface area contributed by atoms with Crippen LogP contribution in [0.15, 0.2) is 22.6 Å². The Hall–Kier alpha value is -2.36. The van der Waals surface area contributed by atoms with E-state index in [9.17, 15) is 9.90 Å². The van der Waals surface area contributed by atoms with Gasteiger partial charge in [0.25, 0.3) is 6.01 Å². The quantitative estimate of drug-likeness (QED) is 0.711. The standard InChI is InChI=1S/C19H26N4O5/c24-13-19(3-7-26-8-4-19)12-20-17(25)21-14-1-2-15-16(11-14)28-18(22-15)23-5-9-27-10-6-23/h1-2,11,24H,3-10,12-13H2,(H2,20,21,25). The van der Waals surface area contributed by atoms with Crippen molar-refractivity contribution in [3.05, 3.63) is 18.2 Å². The summed E-state index contributed by atoms with van der Waals surface area (Å²) >= 11 is 0. The van der Waals surface area contributed by atoms with Crippen LogP contribution >= 0.6 is 0 Å². The highest BCUT2D eigenvalue weighted by Gasteiger charge is 2.32. The van der Waals surface area contributed by atoms with E-state index in [1.165, 1.54) is 0 Å². The number of benzene rings is 1. The van der Waals surface area contributed by atoms with E-state index in [4.69, 9.17) is 13.9 Å². The molecule has 28 heavy (non-hydrogen) atoms. The number of hydrogen-bond donors (Lipinski definition) is 3. The number of aliphatic hydroxyl groups excluding tert-OH is 1. The lowest BCUT2D eigenvalue weighted by atomic mass is 9.81. The molecule has 0 spiro atoms. The molecule has 1 aromatic carbocycles. The minimum absolute atomic E-state index is 0.0327. The first-order valence-electron chi connectivity index (χ1n) is 9.64. The summed E-state index contributed by atoms with van der Waals surface area (Å²) in [7, 11) is 0. The first-order valence-corrected chi connectivity index (χ1v) is 9.64. The normalized spacial score (nSPS) is 19.5. The van der Waals surface area contributed by atoms with Crippen molar-refractivity contribution in [2.45, 2.75) is 12.8 Å². The highest BCUT2D eigenvalue weighted by Crippen LogP contribution is 2.29. The van der Waals surface area contributed by atoms with Crippen LogP contribution in [0.4, 0.5) is 16.5 Å². The summed E-state index contributed by atoms with van der Waals surface area (Å²) in [5, 5.41) is 15.4. The number of nitrogens with one attached hydrogen (secondary N) is 2. The third-order valence-electron chi connectivity index (χ3n) is 5.43. The van der Waals surface area contributed by atoms with Crippen LogP contribution in [0.25, 0.3) is 11.1 Å². The Kier molecular flexibility index (Phi) is 5.65. The molecule has 2 aliphatic rings. The predicted molar refractivity (Wildman–Crippen MR) is 104 cm³/mol. The molecular weight excluding hydrogens is 364 g/mol. The molecular formula is C19H26N4O5. The molecule has 0 saturated carbocycles. The molecule has 9 nitrogen and oxygen atoms in total. The number of fused-ring (bicyclic) bond motifs is 1. The van der Waals surface area contributed by atoms with Gasteiger partial charge in [0.2, 0.25) is 0 Å². The summed E-state index contributed by atoms with van der Waals surface area (Å²) < 4.78 is 16.6. The van der Waals surface area contributed by atoms with E-state index in [0.29, 0.717) is 50.3 Å². The third-order valence-corrected chi connectivity index (χ3v) is 5.43. The molecule has 152 valence electrons. The fourth-order valence-electron chi connectivity index (χ4n) is 3.52. The van der Waals surface area contributed by atoms with E-state index >= 15 is 0 Å². The molecule has 0 bridgehead atoms. The first kappa shape index (κ1) is 19.0. The SMILES string of the molecule is O=C(NCC1(CO)CCOCC1)Nc1ccc2nc(N3CCOCC3)oc2c1. The number of anilines is 2. The lowest BCUT2D eigenvalue weighted by molar-refractivity contribution is -0.0136. The van der Waals surface area contributed by atoms with Gasteiger partial charge in [-0.15, -0.1) is 0 Å². The van der Waals surface area contributed by atoms with E-state index in [0.717, 1.165) is 31.4 Å². The van der Waals surface area contributed by atoms with Crippen molar-refractivity contribution in [3.63, 3.8) is 0 Å². The summed E-state index contributed by atoms with van der Waals surface area (Å²) in [6, 6.07) is 5.65. The molecule has 3 N–H and O–H groups in total. The van der Waals surface area contributed by atoms with Crippen LogP contribution in [0.2, 0.25) is 0 Å². The van der Waals surface area contributed by atoms with Crippen LogP contribution in [-0.4, -0.2) is 68.8 Å². The minimum atomic E-state index is -0.313. The number of oxazole rings is 1. The van der Waals surface area contributed by atoms with Gasteiger partial charge in [-0.3, -0.25) is 0 Å². The van der Waals surface area contributed by atoms with Crippen LogP contribution < -0.4 is 15.5 Å². The van der Waals surface area contributed by atoms with Gasteiger partial charge in [-0.1, -0.05) is 0 Å². The van der Waals surface area contributed by atoms with Crippen molar-refractivity contribution in [3.8, 4) is 0 Å². The lowest BCUT2D eigenvalue weighted by Crippen LogP contribution is -2.44. The maximum absolute atomic E-state index is 12.3. The molecule has 0 atom stereocenters. The fraction of sp³-hybridized carbons (Fsp3) is 0.579. The van der Waals surface area contributed by atoms with Gasteiger partial charge in [-0.2, -0.15) is 4.98 Å². The molecule has 0 radical (unpaired) electrons. The summed E-state index contributed by atoms with van der Waals surface area (Å²) in [6.45, 7) is 4.47. The van der Waals surface area contributed by atoms with Gasteiger partial charge >= 0.3 is 6.03 Å². The number of nitrogens with zero attached hydrogens (tertiary/aromatic N) is 2. The molecule has 0 unspecified atom stereocenters. The number of ether oxygens (including phenoxy) is 2. The zero-order valence-electron chi connectivity index (χ0n) is 15.8. The summed E-state index contributed by atoms with van der Waals surface area (Å²) in [5.74, 6) is 0. The second kappa shape index (κ2) is 8.34. The number of rotatable bonds is 5. The van der Waals surface area contributed by atoms with Crippen LogP contribution in [0.1, 0.15) is 12.8 Å². The van der Waals surface area contributed by atoms with Crippen molar-refractivity contribution >= 4 is 28.8 Å². The average molecular weight is 390 g/mol. The van der Waals surface area contributed by atoms with Crippen LogP contribution in [-0.2, 0) is 9.47 Å². The van der Waals surface area contributed by atoms with E-state index in [1.54, 1.807) is 12.1 Å². The Morgan fingerprint density at radius 2 is 1.93 bits per heavy atom. The molecule has 9 heteroatoms. The maximum Gasteiger partial charge on any atom is 0.319 e. The van der Waals surface area contributed by atoms with Gasteiger partial charge in [-0.25, -0.2) is 4.79 Å². The molecule has 4 rings (SSSR count). The Morgan fingerprint density at radius 1 is 1.18 bits per heavy atom. The van der Waals surface area contributed by atoms with Crippen molar-refractivity contribution in [2.24, 2.45) is 5.41 Å². The van der Waals surface area contributed by atoms with Gasteiger partial charge in [0, 0.05) is 50.0 Å². The second-order valence-electron chi connectivity index (χ2n) is 7.36. The zero-order chi connectivity index (χ0) is 19.4. The summed E-state index contributed by atoms with van der Waals surface area (Å²) in [5.41, 5.74) is 1.68. The number of hydrogen-bond acceptors (Lipinski definition) is 7. The van der Waals surface area contributed by atoms with Crippen LogP contribution in [0.3, 0.4) is 0 Å². The number of carbonyl (C=O) groups is 1. The Labute approximate surface area is 163 Å². The smallest absolute Gasteiger partial charge is 0.319 e. The van der Waals surface area contributed by atoms with E-state index in [2.05, 4.69) is 15.6 Å². The lowest BCUT2D eigenvalue weighted by Gasteiger charge is -2.35. The maximum atomic E-state index is 12.3. The van der Waals surface area contributed by atoms with Gasteiger partial charge < -0.3 is 34.5 Å². The molecule has 2 amide bonds. The van der Waals surface area contributed by atoms with Gasteiger partial charge in [0.15, 0.2) is 5.58 Å². The Morgan fingerprint density at radius 3 is 2.68 bits per heavy atom. The molecule has 0 aliphatic carbocycles. The number of aliphatic hydroxyl groups is 1. The summed E-state index contributed by atoms with van der Waals surface area (Å²) in [6.07, 6.45) is 1.47. The molecule has 2 saturated heterocycles. The summed E-state index contributed by atoms with van der Waals surface area (Å²) in [4.78, 5) is 18.9. The first-order chi connectivity index (χ1) is 13.7. The highest BCUT2D eigenvalue weighted by atomic mass is 16.5. The van der Waals surface area contributed by atoms with E-state index in [1.807, 2.05) is 11.0 Å². The van der Waals surface area contributed by atoms with Gasteiger partial charge in [-0.05, 0) is 25.0 Å². The van der Waals surface area contributed by atoms with Crippen molar-refractivity contribution < 1.29 is 23.8 Å². The predicted octanol–water partition coefficient (Wildman–Crippen LogP) is 1.57. The van der Waals surface area contributed by atoms with Crippen LogP contribution in [0.5, 0.6) is 0 Å². The molecule has 1 aromatic heterocycles. The largest absolute Gasteiger partial charge is 0.423 e. The molecule has 2 fully saturated rings. The topological polar surface area (TPSA) is 109 Å². The number of morpholine rings is 1. The number of aromatic nitrogens is 1. The van der Waals surface area contributed by atoms with Crippen molar-refractivity contribution in [2.75, 3.05) is 62.9 Å². The zero-order valence-corrected chi connectivity index (χ0v) is 15.8. The van der Waals surface area contributed by atoms with Crippen molar-refractivity contribution in [1.29, 1.82) is 0 Å². The minimum Gasteiger partial charge on any atom is -0.423 e. The number of urea groups is 1. The van der Waals surface area contributed by atoms with Gasteiger partial charge in [0.05, 0.1) is 19.8 Å². The third kappa shape index (κ3) is 4.21. The number of carbonyl (C=O) groups excluding carboxylic acids is 1. The average Bonchev–Trinajstić information content (AvgIpc) is 3.17. The molecule has 2 aromatic rings. The molecule has 3 heterocycles. The Balaban J connectivity index is 1.37. The van der Waals surface area contributed by atoms with E-state index < -0.39 is 0 Å². The highest BCUT2D eigenvalue weighted by molar-refractivity contribution is 5.91. The van der Waals surface area contributed by atoms with E-state index in [-0.39, 0.29) is 18.1 Å².